The van der Waals surface area contributed by atoms with Gasteiger partial charge in [0.2, 0.25) is 0 Å². The van der Waals surface area contributed by atoms with E-state index in [0.717, 1.165) is 6.54 Å². The summed E-state index contributed by atoms with van der Waals surface area (Å²) in [5, 5.41) is 0. The lowest BCUT2D eigenvalue weighted by Crippen LogP contribution is -2.08. The summed E-state index contributed by atoms with van der Waals surface area (Å²) in [5.74, 6) is 0. The molecule has 0 bridgehead atoms. The van der Waals surface area contributed by atoms with Gasteiger partial charge in [0.25, 0.3) is 0 Å². The van der Waals surface area contributed by atoms with Crippen molar-refractivity contribution in [3.05, 3.63) is 0 Å². The van der Waals surface area contributed by atoms with Crippen molar-refractivity contribution >= 4 is 8.80 Å². The summed E-state index contributed by atoms with van der Waals surface area (Å²) >= 11 is 0. The molecule has 56 valence electrons. The average Bonchev–Trinajstić information content (AvgIpc) is 1.85. The molecule has 0 aliphatic rings. The highest BCUT2D eigenvalue weighted by molar-refractivity contribution is 6.57. The molecule has 0 saturated carbocycles. The fourth-order valence-corrected chi connectivity index (χ4v) is 3.31. The minimum absolute atomic E-state index is 0.300. The predicted octanol–water partition coefficient (Wildman–Crippen LogP) is 1.60. The summed E-state index contributed by atoms with van der Waals surface area (Å²) in [6.07, 6.45) is 2.63. The molecule has 2 heteroatoms. The van der Waals surface area contributed by atoms with Crippen LogP contribution >= 0.6 is 0 Å². The molecule has 0 aliphatic heterocycles. The first kappa shape index (κ1) is 9.18. The summed E-state index contributed by atoms with van der Waals surface area (Å²) in [7, 11) is -0.300. The molecular formula is C7H19NSi. The molecule has 0 aliphatic carbocycles. The third-order valence-electron chi connectivity index (χ3n) is 1.68. The quantitative estimate of drug-likeness (QED) is 0.584. The molecule has 2 N–H and O–H groups in total. The van der Waals surface area contributed by atoms with Gasteiger partial charge in [-0.2, -0.15) is 0 Å². The van der Waals surface area contributed by atoms with Gasteiger partial charge < -0.3 is 5.73 Å². The number of rotatable bonds is 5. The van der Waals surface area contributed by atoms with Gasteiger partial charge in [-0.25, -0.2) is 0 Å². The van der Waals surface area contributed by atoms with Crippen molar-refractivity contribution in [3.63, 3.8) is 0 Å². The van der Waals surface area contributed by atoms with Gasteiger partial charge in [0, 0.05) is 8.80 Å². The van der Waals surface area contributed by atoms with E-state index >= 15 is 0 Å². The van der Waals surface area contributed by atoms with Crippen LogP contribution in [0.3, 0.4) is 0 Å². The third kappa shape index (κ3) is 6.06. The fourth-order valence-electron chi connectivity index (χ4n) is 1.10. The van der Waals surface area contributed by atoms with E-state index in [2.05, 4.69) is 13.5 Å². The summed E-state index contributed by atoms with van der Waals surface area (Å²) < 4.78 is 0. The van der Waals surface area contributed by atoms with Crippen molar-refractivity contribution in [2.75, 3.05) is 6.54 Å². The van der Waals surface area contributed by atoms with Crippen LogP contribution in [0.25, 0.3) is 0 Å². The van der Waals surface area contributed by atoms with E-state index in [1.807, 2.05) is 0 Å². The topological polar surface area (TPSA) is 26.0 Å². The first-order valence-electron chi connectivity index (χ1n) is 4.01. The Balaban J connectivity index is 2.95. The summed E-state index contributed by atoms with van der Waals surface area (Å²) in [6, 6.07) is 2.95. The van der Waals surface area contributed by atoms with Gasteiger partial charge in [-0.15, -0.1) is 0 Å². The van der Waals surface area contributed by atoms with Gasteiger partial charge in [0.05, 0.1) is 0 Å². The molecule has 0 saturated heterocycles. The zero-order chi connectivity index (χ0) is 7.11. The van der Waals surface area contributed by atoms with Crippen molar-refractivity contribution < 1.29 is 0 Å². The minimum Gasteiger partial charge on any atom is -0.330 e. The molecule has 0 aromatic carbocycles. The van der Waals surface area contributed by atoms with Crippen molar-refractivity contribution in [3.8, 4) is 0 Å². The van der Waals surface area contributed by atoms with Crippen LogP contribution in [0.5, 0.6) is 0 Å². The molecule has 0 fully saturated rings. The Morgan fingerprint density at radius 2 is 2.00 bits per heavy atom. The van der Waals surface area contributed by atoms with Gasteiger partial charge in [-0.1, -0.05) is 32.0 Å². The van der Waals surface area contributed by atoms with Gasteiger partial charge in [0.15, 0.2) is 0 Å². The van der Waals surface area contributed by atoms with Crippen molar-refractivity contribution in [1.29, 1.82) is 0 Å². The van der Waals surface area contributed by atoms with E-state index in [9.17, 15) is 0 Å². The lowest BCUT2D eigenvalue weighted by Gasteiger charge is -2.05. The van der Waals surface area contributed by atoms with Gasteiger partial charge in [0.1, 0.15) is 0 Å². The van der Waals surface area contributed by atoms with Crippen LogP contribution in [0.1, 0.15) is 19.8 Å². The second-order valence-electron chi connectivity index (χ2n) is 2.82. The van der Waals surface area contributed by atoms with Gasteiger partial charge >= 0.3 is 0 Å². The fraction of sp³-hybridized carbons (Fsp3) is 1.00. The van der Waals surface area contributed by atoms with E-state index in [4.69, 9.17) is 5.73 Å². The molecule has 0 amide bonds. The second kappa shape index (κ2) is 6.30. The van der Waals surface area contributed by atoms with E-state index in [0.29, 0.717) is 0 Å². The Morgan fingerprint density at radius 3 is 2.44 bits per heavy atom. The largest absolute Gasteiger partial charge is 0.330 e. The molecule has 1 nitrogen and oxygen atoms in total. The predicted molar refractivity (Wildman–Crippen MR) is 46.6 cm³/mol. The smallest absolute Gasteiger partial charge is 0.0337 e. The highest BCUT2D eigenvalue weighted by Gasteiger charge is 1.99. The van der Waals surface area contributed by atoms with E-state index in [1.54, 1.807) is 0 Å². The maximum atomic E-state index is 5.40. The van der Waals surface area contributed by atoms with E-state index in [-0.39, 0.29) is 8.80 Å². The first-order valence-corrected chi connectivity index (χ1v) is 6.80. The SMILES string of the molecule is CCC[SiH](C)CCCN. The Hall–Kier alpha value is 0.177. The molecule has 0 spiro atoms. The Kier molecular flexibility index (Phi) is 6.42. The molecule has 0 radical (unpaired) electrons. The maximum Gasteiger partial charge on any atom is 0.0337 e. The number of nitrogens with two attached hydrogens (primary N) is 1. The molecule has 0 heterocycles. The number of hydrogen-bond donors (Lipinski definition) is 1. The Morgan fingerprint density at radius 1 is 1.33 bits per heavy atom. The van der Waals surface area contributed by atoms with Crippen LogP contribution in [0.2, 0.25) is 18.6 Å². The van der Waals surface area contributed by atoms with E-state index in [1.165, 1.54) is 24.9 Å². The Bertz CT molecular complexity index is 56.9. The number of hydrogen-bond acceptors (Lipinski definition) is 1. The molecule has 0 aromatic rings. The first-order chi connectivity index (χ1) is 4.31. The van der Waals surface area contributed by atoms with Gasteiger partial charge in [-0.3, -0.25) is 0 Å². The monoisotopic (exact) mass is 145 g/mol. The summed E-state index contributed by atoms with van der Waals surface area (Å²) in [4.78, 5) is 0. The van der Waals surface area contributed by atoms with Crippen LogP contribution < -0.4 is 5.73 Å². The molecule has 9 heavy (non-hydrogen) atoms. The van der Waals surface area contributed by atoms with Crippen LogP contribution in [-0.4, -0.2) is 15.3 Å². The molecule has 0 aromatic heterocycles. The molecular weight excluding hydrogens is 126 g/mol. The van der Waals surface area contributed by atoms with Crippen LogP contribution in [-0.2, 0) is 0 Å². The third-order valence-corrected chi connectivity index (χ3v) is 4.64. The maximum absolute atomic E-state index is 5.40. The average molecular weight is 145 g/mol. The van der Waals surface area contributed by atoms with Crippen molar-refractivity contribution in [2.24, 2.45) is 5.73 Å². The lowest BCUT2D eigenvalue weighted by molar-refractivity contribution is 0.909. The van der Waals surface area contributed by atoms with Crippen molar-refractivity contribution in [1.82, 2.24) is 0 Å². The van der Waals surface area contributed by atoms with E-state index < -0.39 is 0 Å². The zero-order valence-corrected chi connectivity index (χ0v) is 7.84. The van der Waals surface area contributed by atoms with Crippen molar-refractivity contribution in [2.45, 2.75) is 38.4 Å². The standard InChI is InChI=1S/C7H19NSi/c1-3-6-9(2)7-4-5-8/h9H,3-8H2,1-2H3. The highest BCUT2D eigenvalue weighted by Crippen LogP contribution is 2.03. The lowest BCUT2D eigenvalue weighted by atomic mass is 10.5. The second-order valence-corrected chi connectivity index (χ2v) is 6.19. The molecule has 0 rings (SSSR count). The van der Waals surface area contributed by atoms with Crippen LogP contribution in [0.15, 0.2) is 0 Å². The summed E-state index contributed by atoms with van der Waals surface area (Å²) in [6.45, 7) is 5.60. The van der Waals surface area contributed by atoms with Crippen LogP contribution in [0.4, 0.5) is 0 Å². The Labute approximate surface area is 60.2 Å². The highest BCUT2D eigenvalue weighted by atomic mass is 28.3. The van der Waals surface area contributed by atoms with Gasteiger partial charge in [-0.05, 0) is 13.0 Å². The van der Waals surface area contributed by atoms with Crippen LogP contribution in [0, 0.1) is 0 Å². The molecule has 1 atom stereocenters. The summed E-state index contributed by atoms with van der Waals surface area (Å²) in [5.41, 5.74) is 5.40. The molecule has 1 unspecified atom stereocenters. The normalized spacial score (nSPS) is 13.7. The zero-order valence-electron chi connectivity index (χ0n) is 6.69. The minimum atomic E-state index is -0.300.